The molecule has 0 radical (unpaired) electrons. The van der Waals surface area contributed by atoms with Gasteiger partial charge in [-0.25, -0.2) is 23.1 Å². The first kappa shape index (κ1) is 23.6. The number of aromatic nitrogens is 1. The van der Waals surface area contributed by atoms with Crippen molar-refractivity contribution in [1.82, 2.24) is 10.3 Å². The number of amides is 3. The van der Waals surface area contributed by atoms with E-state index in [1.165, 1.54) is 13.2 Å². The van der Waals surface area contributed by atoms with E-state index in [2.05, 4.69) is 15.0 Å². The zero-order valence-electron chi connectivity index (χ0n) is 19.6. The van der Waals surface area contributed by atoms with Gasteiger partial charge in [-0.2, -0.15) is 0 Å². The van der Waals surface area contributed by atoms with E-state index < -0.39 is 21.5 Å². The molecule has 0 atom stereocenters. The van der Waals surface area contributed by atoms with Crippen LogP contribution < -0.4 is 19.7 Å². The second kappa shape index (κ2) is 8.32. The molecule has 3 aromatic rings. The van der Waals surface area contributed by atoms with E-state index in [0.717, 1.165) is 16.7 Å². The van der Waals surface area contributed by atoms with Crippen LogP contribution in [0.4, 0.5) is 16.2 Å². The number of hydrogen-bond donors (Lipinski definition) is 2. The van der Waals surface area contributed by atoms with E-state index in [-0.39, 0.29) is 24.8 Å². The number of anilines is 2. The summed E-state index contributed by atoms with van der Waals surface area (Å²) >= 11 is 0. The monoisotopic (exact) mass is 486 g/mol. The van der Waals surface area contributed by atoms with E-state index in [4.69, 9.17) is 9.15 Å². The summed E-state index contributed by atoms with van der Waals surface area (Å²) in [5, 5.41) is 2.69. The fourth-order valence-electron chi connectivity index (χ4n) is 3.84. The van der Waals surface area contributed by atoms with Crippen LogP contribution in [0.15, 0.2) is 34.7 Å². The second-order valence-corrected chi connectivity index (χ2v) is 10.9. The molecule has 1 aliphatic rings. The van der Waals surface area contributed by atoms with Crippen LogP contribution in [-0.2, 0) is 20.2 Å². The van der Waals surface area contributed by atoms with Crippen LogP contribution in [0.25, 0.3) is 22.6 Å². The molecule has 3 amide bonds. The Morgan fingerprint density at radius 1 is 1.18 bits per heavy atom. The van der Waals surface area contributed by atoms with Crippen LogP contribution in [0.3, 0.4) is 0 Å². The van der Waals surface area contributed by atoms with Gasteiger partial charge in [0.15, 0.2) is 5.58 Å². The first-order chi connectivity index (χ1) is 15.9. The summed E-state index contributed by atoms with van der Waals surface area (Å²) in [7, 11) is -1.93. The lowest BCUT2D eigenvalue weighted by molar-refractivity contribution is -0.118. The van der Waals surface area contributed by atoms with Crippen molar-refractivity contribution >= 4 is 44.4 Å². The first-order valence-electron chi connectivity index (χ1n) is 10.6. The van der Waals surface area contributed by atoms with E-state index in [0.29, 0.717) is 33.8 Å². The molecule has 2 heterocycles. The summed E-state index contributed by atoms with van der Waals surface area (Å²) in [4.78, 5) is 30.8. The number of ether oxygens (including phenoxy) is 1. The summed E-state index contributed by atoms with van der Waals surface area (Å²) in [6.07, 6.45) is 1.25. The fourth-order valence-corrected chi connectivity index (χ4v) is 4.39. The normalized spacial score (nSPS) is 14.9. The average Bonchev–Trinajstić information content (AvgIpc) is 3.14. The third kappa shape index (κ3) is 4.56. The number of rotatable bonds is 5. The van der Waals surface area contributed by atoms with Gasteiger partial charge in [-0.05, 0) is 29.7 Å². The van der Waals surface area contributed by atoms with Crippen LogP contribution in [0, 0.1) is 0 Å². The summed E-state index contributed by atoms with van der Waals surface area (Å²) in [6, 6.07) is 7.66. The van der Waals surface area contributed by atoms with Gasteiger partial charge in [-0.1, -0.05) is 20.8 Å². The average molecular weight is 487 g/mol. The van der Waals surface area contributed by atoms with Crippen molar-refractivity contribution in [3.05, 3.63) is 35.9 Å². The van der Waals surface area contributed by atoms with E-state index >= 15 is 0 Å². The van der Waals surface area contributed by atoms with Gasteiger partial charge < -0.3 is 14.5 Å². The maximum atomic E-state index is 12.6. The number of nitrogens with one attached hydrogen (secondary N) is 2. The van der Waals surface area contributed by atoms with Crippen molar-refractivity contribution in [2.24, 2.45) is 0 Å². The molecule has 10 nitrogen and oxygen atoms in total. The van der Waals surface area contributed by atoms with Gasteiger partial charge in [0.2, 0.25) is 21.8 Å². The van der Waals surface area contributed by atoms with Crippen LogP contribution in [0.5, 0.6) is 5.75 Å². The molecule has 4 rings (SSSR count). The smallest absolute Gasteiger partial charge is 0.328 e. The topological polar surface area (TPSA) is 131 Å². The number of sulfonamides is 1. The van der Waals surface area contributed by atoms with Crippen molar-refractivity contribution in [2.45, 2.75) is 32.6 Å². The molecular weight excluding hydrogens is 460 g/mol. The Balaban J connectivity index is 1.91. The Morgan fingerprint density at radius 3 is 2.53 bits per heavy atom. The Labute approximate surface area is 197 Å². The maximum Gasteiger partial charge on any atom is 0.328 e. The zero-order chi connectivity index (χ0) is 24.8. The Hall–Kier alpha value is -3.60. The molecule has 0 aliphatic carbocycles. The third-order valence-corrected chi connectivity index (χ3v) is 5.94. The van der Waals surface area contributed by atoms with Crippen LogP contribution in [0.2, 0.25) is 0 Å². The van der Waals surface area contributed by atoms with Crippen LogP contribution in [-0.4, -0.2) is 45.3 Å². The van der Waals surface area contributed by atoms with Gasteiger partial charge in [-0.15, -0.1) is 0 Å². The van der Waals surface area contributed by atoms with Crippen LogP contribution >= 0.6 is 0 Å². The Morgan fingerprint density at radius 2 is 1.91 bits per heavy atom. The number of carbonyl (C=O) groups is 2. The molecule has 2 aromatic carbocycles. The molecule has 0 unspecified atom stereocenters. The van der Waals surface area contributed by atoms with E-state index in [9.17, 15) is 18.0 Å². The number of imide groups is 1. The number of nitrogens with zero attached hydrogens (tertiary/aromatic N) is 2. The lowest BCUT2D eigenvalue weighted by Crippen LogP contribution is -2.50. The molecule has 1 saturated heterocycles. The largest absolute Gasteiger partial charge is 0.496 e. The highest BCUT2D eigenvalue weighted by atomic mass is 32.2. The Bertz CT molecular complexity index is 1390. The molecule has 2 N–H and O–H groups in total. The van der Waals surface area contributed by atoms with Gasteiger partial charge in [0.25, 0.3) is 0 Å². The number of urea groups is 1. The Kier molecular flexibility index (Phi) is 5.76. The van der Waals surface area contributed by atoms with Crippen molar-refractivity contribution < 1.29 is 27.2 Å². The van der Waals surface area contributed by atoms with E-state index in [1.54, 1.807) is 24.3 Å². The van der Waals surface area contributed by atoms with Crippen molar-refractivity contribution in [2.75, 3.05) is 29.5 Å². The number of fused-ring (bicyclic) bond motifs is 1. The molecule has 1 aromatic heterocycles. The van der Waals surface area contributed by atoms with Crippen molar-refractivity contribution in [3.8, 4) is 17.2 Å². The molecular formula is C23H26N4O6S. The molecule has 1 aliphatic heterocycles. The molecule has 34 heavy (non-hydrogen) atoms. The number of oxazole rings is 1. The first-order valence-corrected chi connectivity index (χ1v) is 12.5. The molecule has 0 saturated carbocycles. The molecule has 1 fully saturated rings. The fraction of sp³-hybridized carbons (Fsp3) is 0.348. The number of methoxy groups -OCH3 is 1. The predicted molar refractivity (Wildman–Crippen MR) is 129 cm³/mol. The standard InChI is InChI=1S/C23H26N4O6S/c1-23(2,3)16-12-14(27-19(28)8-9-24-22(27)29)11-15(20(16)32-4)21-25-17-7-6-13(10-18(17)33-21)26-34(5,30)31/h6-7,10-12,26H,8-9H2,1-5H3,(H,24,29). The molecule has 11 heteroatoms. The van der Waals surface area contributed by atoms with Crippen molar-refractivity contribution in [1.29, 1.82) is 0 Å². The highest BCUT2D eigenvalue weighted by molar-refractivity contribution is 7.92. The number of benzene rings is 2. The highest BCUT2D eigenvalue weighted by Crippen LogP contribution is 2.43. The van der Waals surface area contributed by atoms with Gasteiger partial charge >= 0.3 is 6.03 Å². The summed E-state index contributed by atoms with van der Waals surface area (Å²) in [5.74, 6) is 0.400. The van der Waals surface area contributed by atoms with Gasteiger partial charge in [-0.3, -0.25) is 9.52 Å². The van der Waals surface area contributed by atoms with Crippen LogP contribution in [0.1, 0.15) is 32.8 Å². The second-order valence-electron chi connectivity index (χ2n) is 9.11. The zero-order valence-corrected chi connectivity index (χ0v) is 20.4. The van der Waals surface area contributed by atoms with Gasteiger partial charge in [0.1, 0.15) is 11.3 Å². The number of carbonyl (C=O) groups excluding carboxylic acids is 2. The summed E-state index contributed by atoms with van der Waals surface area (Å²) in [5.41, 5.74) is 2.41. The summed E-state index contributed by atoms with van der Waals surface area (Å²) in [6.45, 7) is 6.27. The third-order valence-electron chi connectivity index (χ3n) is 5.33. The van der Waals surface area contributed by atoms with Gasteiger partial charge in [0.05, 0.1) is 30.3 Å². The predicted octanol–water partition coefficient (Wildman–Crippen LogP) is 3.62. The molecule has 180 valence electrons. The van der Waals surface area contributed by atoms with Gasteiger partial charge in [0, 0.05) is 24.6 Å². The quantitative estimate of drug-likeness (QED) is 0.563. The molecule has 0 spiro atoms. The summed E-state index contributed by atoms with van der Waals surface area (Å²) < 4.78 is 37.3. The maximum absolute atomic E-state index is 12.6. The lowest BCUT2D eigenvalue weighted by Gasteiger charge is -2.29. The highest BCUT2D eigenvalue weighted by Gasteiger charge is 2.32. The minimum Gasteiger partial charge on any atom is -0.496 e. The SMILES string of the molecule is COc1c(-c2nc3ccc(NS(C)(=O)=O)cc3o2)cc(N2C(=O)CCNC2=O)cc1C(C)(C)C. The lowest BCUT2D eigenvalue weighted by atomic mass is 9.84. The minimum absolute atomic E-state index is 0.191. The minimum atomic E-state index is -3.46. The number of hydrogen-bond acceptors (Lipinski definition) is 7. The van der Waals surface area contributed by atoms with E-state index in [1.807, 2.05) is 20.8 Å². The molecule has 0 bridgehead atoms. The van der Waals surface area contributed by atoms with Crippen molar-refractivity contribution in [3.63, 3.8) is 0 Å².